The minimum atomic E-state index is -0.726. The first-order valence-corrected chi connectivity index (χ1v) is 9.19. The summed E-state index contributed by atoms with van der Waals surface area (Å²) in [4.78, 5) is 38.1. The van der Waals surface area contributed by atoms with Crippen molar-refractivity contribution in [2.45, 2.75) is 25.8 Å². The molecule has 0 bridgehead atoms. The van der Waals surface area contributed by atoms with Crippen LogP contribution in [0.25, 0.3) is 0 Å². The van der Waals surface area contributed by atoms with Crippen LogP contribution in [-0.4, -0.2) is 24.3 Å². The van der Waals surface area contributed by atoms with Crippen molar-refractivity contribution in [2.24, 2.45) is 0 Å². The van der Waals surface area contributed by atoms with Crippen LogP contribution in [0, 0.1) is 0 Å². The average molecular weight is 384 g/mol. The van der Waals surface area contributed by atoms with E-state index in [1.54, 1.807) is 18.2 Å². The molecule has 138 valence electrons. The molecule has 0 atom stereocenters. The minimum Gasteiger partial charge on any atom is -0.344 e. The summed E-state index contributed by atoms with van der Waals surface area (Å²) in [5.74, 6) is -1.30. The van der Waals surface area contributed by atoms with Crippen LogP contribution in [0.2, 0.25) is 5.02 Å². The summed E-state index contributed by atoms with van der Waals surface area (Å²) < 4.78 is 0. The van der Waals surface area contributed by atoms with E-state index in [1.807, 2.05) is 23.1 Å². The number of nitrogens with zero attached hydrogens (tertiary/aromatic N) is 1. The van der Waals surface area contributed by atoms with Crippen molar-refractivity contribution in [3.05, 3.63) is 58.1 Å². The molecule has 7 heteroatoms. The number of hydrogen-bond donors (Lipinski definition) is 2. The van der Waals surface area contributed by atoms with Gasteiger partial charge in [0.1, 0.15) is 0 Å². The summed E-state index contributed by atoms with van der Waals surface area (Å²) in [6.07, 6.45) is 1.89. The largest absolute Gasteiger partial charge is 0.344 e. The van der Waals surface area contributed by atoms with Gasteiger partial charge in [-0.15, -0.1) is 0 Å². The molecule has 0 unspecified atom stereocenters. The maximum absolute atomic E-state index is 12.2. The zero-order chi connectivity index (χ0) is 19.0. The van der Waals surface area contributed by atoms with E-state index in [4.69, 9.17) is 11.6 Å². The number of anilines is 2. The maximum Gasteiger partial charge on any atom is 0.313 e. The maximum atomic E-state index is 12.2. The monoisotopic (exact) mass is 383 g/mol. The van der Waals surface area contributed by atoms with Crippen LogP contribution in [0.4, 0.5) is 11.4 Å². The third kappa shape index (κ3) is 3.40. The predicted octanol–water partition coefficient (Wildman–Crippen LogP) is 2.43. The van der Waals surface area contributed by atoms with E-state index in [-0.39, 0.29) is 12.5 Å². The summed E-state index contributed by atoms with van der Waals surface area (Å²) in [7, 11) is 0. The average Bonchev–Trinajstić information content (AvgIpc) is 3.09. The molecule has 4 rings (SSSR count). The van der Waals surface area contributed by atoms with Gasteiger partial charge in [0, 0.05) is 30.2 Å². The lowest BCUT2D eigenvalue weighted by molar-refractivity contribution is -0.136. The molecule has 0 saturated heterocycles. The Morgan fingerprint density at radius 3 is 2.56 bits per heavy atom. The molecule has 2 aliphatic rings. The van der Waals surface area contributed by atoms with E-state index in [2.05, 4.69) is 10.6 Å². The lowest BCUT2D eigenvalue weighted by atomic mass is 9.98. The molecular formula is C20H18ClN3O3. The van der Waals surface area contributed by atoms with Crippen LogP contribution >= 0.6 is 11.6 Å². The summed E-state index contributed by atoms with van der Waals surface area (Å²) in [6.45, 7) is 0.856. The second-order valence-corrected chi connectivity index (χ2v) is 7.07. The Kier molecular flexibility index (Phi) is 4.58. The number of carbonyl (C=O) groups is 3. The fraction of sp³-hybridized carbons (Fsp3) is 0.250. The highest BCUT2D eigenvalue weighted by atomic mass is 35.5. The van der Waals surface area contributed by atoms with Crippen LogP contribution in [0.15, 0.2) is 36.4 Å². The van der Waals surface area contributed by atoms with Crippen molar-refractivity contribution < 1.29 is 14.4 Å². The minimum absolute atomic E-state index is 0.150. The second-order valence-electron chi connectivity index (χ2n) is 6.67. The Labute approximate surface area is 161 Å². The summed E-state index contributed by atoms with van der Waals surface area (Å²) >= 11 is 6.05. The molecule has 2 aromatic carbocycles. The van der Waals surface area contributed by atoms with E-state index in [9.17, 15) is 14.4 Å². The Bertz CT molecular complexity index is 957. The summed E-state index contributed by atoms with van der Waals surface area (Å²) in [5.41, 5.74) is 4.38. The summed E-state index contributed by atoms with van der Waals surface area (Å²) in [6, 6.07) is 10.8. The van der Waals surface area contributed by atoms with Gasteiger partial charge in [-0.3, -0.25) is 14.4 Å². The van der Waals surface area contributed by atoms with Gasteiger partial charge in [0.25, 0.3) is 0 Å². The van der Waals surface area contributed by atoms with Crippen LogP contribution in [0.1, 0.15) is 23.1 Å². The topological polar surface area (TPSA) is 78.5 Å². The third-order valence-corrected chi connectivity index (χ3v) is 5.28. The van der Waals surface area contributed by atoms with Crippen LogP contribution in [0.5, 0.6) is 0 Å². The zero-order valence-electron chi connectivity index (χ0n) is 14.5. The van der Waals surface area contributed by atoms with Gasteiger partial charge in [-0.25, -0.2) is 0 Å². The van der Waals surface area contributed by atoms with Gasteiger partial charge in [-0.1, -0.05) is 29.8 Å². The van der Waals surface area contributed by atoms with Gasteiger partial charge in [0.2, 0.25) is 5.91 Å². The number of halogens is 1. The number of hydrogen-bond acceptors (Lipinski definition) is 3. The molecule has 0 aliphatic carbocycles. The van der Waals surface area contributed by atoms with E-state index < -0.39 is 11.8 Å². The van der Waals surface area contributed by atoms with Gasteiger partial charge in [0.15, 0.2) is 0 Å². The van der Waals surface area contributed by atoms with Crippen molar-refractivity contribution >= 4 is 40.7 Å². The number of amides is 3. The Morgan fingerprint density at radius 2 is 1.78 bits per heavy atom. The first kappa shape index (κ1) is 17.5. The fourth-order valence-corrected chi connectivity index (χ4v) is 3.82. The number of benzene rings is 2. The number of nitrogens with one attached hydrogen (secondary N) is 2. The molecule has 0 saturated carbocycles. The smallest absolute Gasteiger partial charge is 0.313 e. The van der Waals surface area contributed by atoms with Crippen molar-refractivity contribution in [3.8, 4) is 0 Å². The highest BCUT2D eigenvalue weighted by Gasteiger charge is 2.31. The van der Waals surface area contributed by atoms with Gasteiger partial charge in [-0.05, 0) is 47.7 Å². The molecule has 0 radical (unpaired) electrons. The Balaban J connectivity index is 1.44. The molecule has 2 aromatic rings. The van der Waals surface area contributed by atoms with E-state index in [0.29, 0.717) is 30.1 Å². The van der Waals surface area contributed by atoms with Gasteiger partial charge in [0.05, 0.1) is 5.69 Å². The lowest BCUT2D eigenvalue weighted by Crippen LogP contribution is -2.35. The fourth-order valence-electron chi connectivity index (χ4n) is 3.62. The third-order valence-electron chi connectivity index (χ3n) is 4.91. The number of aryl methyl sites for hydroxylation is 1. The first-order chi connectivity index (χ1) is 13.0. The zero-order valence-corrected chi connectivity index (χ0v) is 15.3. The van der Waals surface area contributed by atoms with Gasteiger partial charge < -0.3 is 15.5 Å². The van der Waals surface area contributed by atoms with Crippen molar-refractivity contribution in [1.29, 1.82) is 0 Å². The van der Waals surface area contributed by atoms with E-state index in [0.717, 1.165) is 28.8 Å². The standard InChI is InChI=1S/C20H18ClN3O3/c21-16-4-2-1-3-14(16)11-22-19(26)20(27)23-15-9-12-5-6-17(25)24-8-7-13(10-15)18(12)24/h1-4,9-10H,5-8,11H2,(H,22,26)(H,23,27). The predicted molar refractivity (Wildman–Crippen MR) is 103 cm³/mol. The molecule has 2 N–H and O–H groups in total. The second kappa shape index (κ2) is 7.04. The number of rotatable bonds is 3. The lowest BCUT2D eigenvalue weighted by Gasteiger charge is -2.25. The van der Waals surface area contributed by atoms with Crippen LogP contribution < -0.4 is 15.5 Å². The summed E-state index contributed by atoms with van der Waals surface area (Å²) in [5, 5.41) is 5.77. The molecule has 27 heavy (non-hydrogen) atoms. The quantitative estimate of drug-likeness (QED) is 0.799. The first-order valence-electron chi connectivity index (χ1n) is 8.81. The molecule has 2 heterocycles. The molecule has 0 spiro atoms. The SMILES string of the molecule is O=C(NCc1ccccc1Cl)C(=O)Nc1cc2c3c(c1)CCN3C(=O)CC2. The molecular weight excluding hydrogens is 366 g/mol. The van der Waals surface area contributed by atoms with Crippen molar-refractivity contribution in [1.82, 2.24) is 5.32 Å². The van der Waals surface area contributed by atoms with Crippen molar-refractivity contribution in [2.75, 3.05) is 16.8 Å². The van der Waals surface area contributed by atoms with Crippen molar-refractivity contribution in [3.63, 3.8) is 0 Å². The van der Waals surface area contributed by atoms with E-state index >= 15 is 0 Å². The number of carbonyl (C=O) groups excluding carboxylic acids is 3. The highest BCUT2D eigenvalue weighted by Crippen LogP contribution is 2.38. The Hall–Kier alpha value is -2.86. The highest BCUT2D eigenvalue weighted by molar-refractivity contribution is 6.39. The molecule has 0 fully saturated rings. The molecule has 3 amide bonds. The van der Waals surface area contributed by atoms with E-state index in [1.165, 1.54) is 0 Å². The van der Waals surface area contributed by atoms with Gasteiger partial charge >= 0.3 is 11.8 Å². The molecule has 6 nitrogen and oxygen atoms in total. The Morgan fingerprint density at radius 1 is 1.04 bits per heavy atom. The normalized spacial score (nSPS) is 14.7. The molecule has 2 aliphatic heterocycles. The molecule has 0 aromatic heterocycles. The van der Waals surface area contributed by atoms with Crippen LogP contribution in [-0.2, 0) is 33.8 Å². The van der Waals surface area contributed by atoms with Gasteiger partial charge in [-0.2, -0.15) is 0 Å². The van der Waals surface area contributed by atoms with Crippen LogP contribution in [0.3, 0.4) is 0 Å².